The molecule has 2 saturated heterocycles. The molecule has 2 heterocycles. The van der Waals surface area contributed by atoms with Crippen LogP contribution >= 0.6 is 0 Å². The van der Waals surface area contributed by atoms with E-state index in [2.05, 4.69) is 5.32 Å². The average molecular weight is 299 g/mol. The number of imide groups is 1. The van der Waals surface area contributed by atoms with Gasteiger partial charge in [0.1, 0.15) is 12.1 Å². The summed E-state index contributed by atoms with van der Waals surface area (Å²) in [5.74, 6) is -0.745. The molecule has 118 valence electrons. The standard InChI is InChI=1S/C13H21N3O5/c1-8-7-21-9(6-17)4-15(8)10(18)5-16-11(19)13(2,3)14-12(16)20/h8-9,17H,4-7H2,1-3H3,(H,14,20). The van der Waals surface area contributed by atoms with Crippen LogP contribution in [-0.4, -0.2) is 76.7 Å². The van der Waals surface area contributed by atoms with Crippen LogP contribution in [-0.2, 0) is 14.3 Å². The van der Waals surface area contributed by atoms with Crippen molar-refractivity contribution in [2.24, 2.45) is 0 Å². The summed E-state index contributed by atoms with van der Waals surface area (Å²) in [7, 11) is 0. The third-order valence-corrected chi connectivity index (χ3v) is 3.77. The predicted molar refractivity (Wildman–Crippen MR) is 72.3 cm³/mol. The lowest BCUT2D eigenvalue weighted by Crippen LogP contribution is -2.55. The fourth-order valence-electron chi connectivity index (χ4n) is 2.46. The van der Waals surface area contributed by atoms with Crippen molar-refractivity contribution in [2.75, 3.05) is 26.3 Å². The molecule has 0 aromatic rings. The number of hydrogen-bond donors (Lipinski definition) is 2. The van der Waals surface area contributed by atoms with Crippen molar-refractivity contribution in [1.29, 1.82) is 0 Å². The van der Waals surface area contributed by atoms with Crippen LogP contribution in [0.2, 0.25) is 0 Å². The Hall–Kier alpha value is -1.67. The third kappa shape index (κ3) is 3.01. The van der Waals surface area contributed by atoms with E-state index >= 15 is 0 Å². The highest BCUT2D eigenvalue weighted by Crippen LogP contribution is 2.18. The second-order valence-corrected chi connectivity index (χ2v) is 5.98. The lowest BCUT2D eigenvalue weighted by atomic mass is 10.1. The van der Waals surface area contributed by atoms with Gasteiger partial charge in [-0.2, -0.15) is 0 Å². The number of rotatable bonds is 3. The Morgan fingerprint density at radius 2 is 2.14 bits per heavy atom. The first kappa shape index (κ1) is 15.7. The van der Waals surface area contributed by atoms with Gasteiger partial charge in [0.2, 0.25) is 5.91 Å². The van der Waals surface area contributed by atoms with Crippen LogP contribution in [0.25, 0.3) is 0 Å². The number of carbonyl (C=O) groups is 3. The van der Waals surface area contributed by atoms with Crippen LogP contribution < -0.4 is 5.32 Å². The molecule has 8 heteroatoms. The monoisotopic (exact) mass is 299 g/mol. The topological polar surface area (TPSA) is 99.2 Å². The molecular weight excluding hydrogens is 278 g/mol. The number of carbonyl (C=O) groups excluding carboxylic acids is 3. The van der Waals surface area contributed by atoms with Gasteiger partial charge in [-0.25, -0.2) is 4.79 Å². The molecule has 2 rings (SSSR count). The fourth-order valence-corrected chi connectivity index (χ4v) is 2.46. The summed E-state index contributed by atoms with van der Waals surface area (Å²) in [6, 6.07) is -0.716. The molecule has 2 unspecified atom stereocenters. The summed E-state index contributed by atoms with van der Waals surface area (Å²) < 4.78 is 5.36. The van der Waals surface area contributed by atoms with E-state index in [1.807, 2.05) is 6.92 Å². The minimum atomic E-state index is -0.985. The van der Waals surface area contributed by atoms with Gasteiger partial charge in [-0.3, -0.25) is 14.5 Å². The first-order valence-corrected chi connectivity index (χ1v) is 6.92. The quantitative estimate of drug-likeness (QED) is 0.646. The molecular formula is C13H21N3O5. The Bertz CT molecular complexity index is 465. The highest BCUT2D eigenvalue weighted by Gasteiger charge is 2.45. The van der Waals surface area contributed by atoms with E-state index in [0.29, 0.717) is 6.61 Å². The van der Waals surface area contributed by atoms with E-state index in [-0.39, 0.29) is 31.6 Å². The SMILES string of the molecule is CC1COC(CO)CN1C(=O)CN1C(=O)NC(C)(C)C1=O. The van der Waals surface area contributed by atoms with E-state index in [0.717, 1.165) is 4.90 Å². The van der Waals surface area contributed by atoms with E-state index < -0.39 is 23.6 Å². The molecule has 0 aromatic carbocycles. The van der Waals surface area contributed by atoms with Gasteiger partial charge in [0.05, 0.1) is 25.4 Å². The molecule has 2 aliphatic rings. The number of hydrogen-bond acceptors (Lipinski definition) is 5. The number of nitrogens with one attached hydrogen (secondary N) is 1. The van der Waals surface area contributed by atoms with Crippen molar-refractivity contribution in [3.05, 3.63) is 0 Å². The summed E-state index contributed by atoms with van der Waals surface area (Å²) in [4.78, 5) is 38.7. The van der Waals surface area contributed by atoms with Crippen LogP contribution in [0.3, 0.4) is 0 Å². The normalized spacial score (nSPS) is 28.8. The molecule has 21 heavy (non-hydrogen) atoms. The predicted octanol–water partition coefficient (Wildman–Crippen LogP) is -1.07. The Kier molecular flexibility index (Phi) is 4.20. The number of urea groups is 1. The first-order chi connectivity index (χ1) is 9.76. The second-order valence-electron chi connectivity index (χ2n) is 5.98. The summed E-state index contributed by atoms with van der Waals surface area (Å²) in [6.07, 6.45) is -0.426. The largest absolute Gasteiger partial charge is 0.394 e. The van der Waals surface area contributed by atoms with E-state index in [9.17, 15) is 14.4 Å². The van der Waals surface area contributed by atoms with E-state index in [1.54, 1.807) is 13.8 Å². The number of ether oxygens (including phenoxy) is 1. The van der Waals surface area contributed by atoms with Crippen molar-refractivity contribution < 1.29 is 24.2 Å². The number of aliphatic hydroxyl groups is 1. The first-order valence-electron chi connectivity index (χ1n) is 6.92. The summed E-state index contributed by atoms with van der Waals surface area (Å²) in [6.45, 7) is 5.12. The molecule has 2 aliphatic heterocycles. The lowest BCUT2D eigenvalue weighted by molar-refractivity contribution is -0.149. The van der Waals surface area contributed by atoms with Gasteiger partial charge >= 0.3 is 6.03 Å². The van der Waals surface area contributed by atoms with Crippen molar-refractivity contribution in [1.82, 2.24) is 15.1 Å². The molecule has 4 amide bonds. The summed E-state index contributed by atoms with van der Waals surface area (Å²) in [5, 5.41) is 11.7. The summed E-state index contributed by atoms with van der Waals surface area (Å²) in [5.41, 5.74) is -0.985. The van der Waals surface area contributed by atoms with Gasteiger partial charge in [0.15, 0.2) is 0 Å². The van der Waals surface area contributed by atoms with Crippen LogP contribution in [0.15, 0.2) is 0 Å². The Morgan fingerprint density at radius 1 is 1.48 bits per heavy atom. The van der Waals surface area contributed by atoms with Crippen LogP contribution in [0.5, 0.6) is 0 Å². The zero-order valence-corrected chi connectivity index (χ0v) is 12.5. The molecule has 2 fully saturated rings. The number of aliphatic hydroxyl groups excluding tert-OH is 1. The molecule has 2 atom stereocenters. The van der Waals surface area contributed by atoms with Gasteiger partial charge in [-0.05, 0) is 20.8 Å². The van der Waals surface area contributed by atoms with Crippen molar-refractivity contribution >= 4 is 17.8 Å². The van der Waals surface area contributed by atoms with Crippen molar-refractivity contribution in [3.63, 3.8) is 0 Å². The van der Waals surface area contributed by atoms with Crippen molar-refractivity contribution in [2.45, 2.75) is 38.5 Å². The maximum Gasteiger partial charge on any atom is 0.325 e. The highest BCUT2D eigenvalue weighted by molar-refractivity contribution is 6.08. The van der Waals surface area contributed by atoms with Crippen LogP contribution in [0.1, 0.15) is 20.8 Å². The fraction of sp³-hybridized carbons (Fsp3) is 0.769. The van der Waals surface area contributed by atoms with Gasteiger partial charge in [-0.1, -0.05) is 0 Å². The minimum absolute atomic E-state index is 0.158. The Morgan fingerprint density at radius 3 is 2.67 bits per heavy atom. The smallest absolute Gasteiger partial charge is 0.325 e. The third-order valence-electron chi connectivity index (χ3n) is 3.77. The van der Waals surface area contributed by atoms with E-state index in [1.165, 1.54) is 4.90 Å². The molecule has 0 aliphatic carbocycles. The Labute approximate surface area is 123 Å². The zero-order valence-electron chi connectivity index (χ0n) is 12.5. The molecule has 2 N–H and O–H groups in total. The van der Waals surface area contributed by atoms with Gasteiger partial charge < -0.3 is 20.1 Å². The second kappa shape index (κ2) is 5.61. The average Bonchev–Trinajstić information content (AvgIpc) is 2.61. The maximum atomic E-state index is 12.3. The molecule has 8 nitrogen and oxygen atoms in total. The molecule has 0 aromatic heterocycles. The lowest BCUT2D eigenvalue weighted by Gasteiger charge is -2.37. The van der Waals surface area contributed by atoms with Gasteiger partial charge in [-0.15, -0.1) is 0 Å². The molecule has 0 saturated carbocycles. The number of amides is 4. The maximum absolute atomic E-state index is 12.3. The van der Waals surface area contributed by atoms with Gasteiger partial charge in [0.25, 0.3) is 5.91 Å². The van der Waals surface area contributed by atoms with Crippen molar-refractivity contribution in [3.8, 4) is 0 Å². The molecule has 0 radical (unpaired) electrons. The molecule has 0 bridgehead atoms. The Balaban J connectivity index is 2.04. The zero-order chi connectivity index (χ0) is 15.8. The highest BCUT2D eigenvalue weighted by atomic mass is 16.5. The van der Waals surface area contributed by atoms with Crippen LogP contribution in [0, 0.1) is 0 Å². The van der Waals surface area contributed by atoms with Gasteiger partial charge in [0, 0.05) is 6.54 Å². The van der Waals surface area contributed by atoms with Crippen LogP contribution in [0.4, 0.5) is 4.79 Å². The summed E-state index contributed by atoms with van der Waals surface area (Å²) >= 11 is 0. The minimum Gasteiger partial charge on any atom is -0.394 e. The van der Waals surface area contributed by atoms with E-state index in [4.69, 9.17) is 9.84 Å². The number of nitrogens with zero attached hydrogens (tertiary/aromatic N) is 2. The molecule has 0 spiro atoms. The number of morpholine rings is 1.